The summed E-state index contributed by atoms with van der Waals surface area (Å²) in [6.45, 7) is 1.98. The van der Waals surface area contributed by atoms with Gasteiger partial charge in [-0.1, -0.05) is 25.8 Å². The van der Waals surface area contributed by atoms with Crippen LogP contribution in [-0.4, -0.2) is 23.7 Å². The summed E-state index contributed by atoms with van der Waals surface area (Å²) in [4.78, 5) is 11.7. The fourth-order valence-electron chi connectivity index (χ4n) is 2.60. The first-order valence-corrected chi connectivity index (χ1v) is 8.19. The molecule has 0 aliphatic heterocycles. The zero-order valence-corrected chi connectivity index (χ0v) is 13.9. The summed E-state index contributed by atoms with van der Waals surface area (Å²) in [5, 5.41) is 3.61. The molecular formula is C16H22FN3O2S. The molecule has 1 aromatic rings. The molecule has 1 fully saturated rings. The van der Waals surface area contributed by atoms with Crippen molar-refractivity contribution in [2.45, 2.75) is 38.6 Å². The number of hydrogen-bond acceptors (Lipinski definition) is 3. The third kappa shape index (κ3) is 6.02. The van der Waals surface area contributed by atoms with E-state index in [9.17, 15) is 9.18 Å². The van der Waals surface area contributed by atoms with Gasteiger partial charge in [0.05, 0.1) is 0 Å². The summed E-state index contributed by atoms with van der Waals surface area (Å²) in [7, 11) is 0. The van der Waals surface area contributed by atoms with Crippen LogP contribution >= 0.6 is 12.2 Å². The van der Waals surface area contributed by atoms with E-state index >= 15 is 0 Å². The summed E-state index contributed by atoms with van der Waals surface area (Å²) in [6, 6.07) is 5.97. The van der Waals surface area contributed by atoms with Gasteiger partial charge in [0.15, 0.2) is 11.7 Å². The van der Waals surface area contributed by atoms with Crippen LogP contribution in [0.5, 0.6) is 5.75 Å². The number of ether oxygens (including phenoxy) is 1. The minimum atomic E-state index is -0.409. The molecule has 1 aromatic carbocycles. The molecule has 2 rings (SSSR count). The Bertz CT molecular complexity index is 556. The molecule has 1 aliphatic carbocycles. The average Bonchev–Trinajstić information content (AvgIpc) is 2.53. The largest absolute Gasteiger partial charge is 0.484 e. The summed E-state index contributed by atoms with van der Waals surface area (Å²) in [5.41, 5.74) is 5.12. The first kappa shape index (κ1) is 17.5. The van der Waals surface area contributed by atoms with E-state index in [0.717, 1.165) is 6.42 Å². The van der Waals surface area contributed by atoms with Crippen LogP contribution in [0.15, 0.2) is 24.3 Å². The van der Waals surface area contributed by atoms with E-state index in [2.05, 4.69) is 23.1 Å². The van der Waals surface area contributed by atoms with Crippen molar-refractivity contribution in [2.75, 3.05) is 6.61 Å². The molecule has 7 heteroatoms. The Kier molecular flexibility index (Phi) is 6.58. The van der Waals surface area contributed by atoms with Crippen LogP contribution in [-0.2, 0) is 4.79 Å². The Labute approximate surface area is 140 Å². The fraction of sp³-hybridized carbons (Fsp3) is 0.500. The van der Waals surface area contributed by atoms with Gasteiger partial charge in [-0.3, -0.25) is 15.6 Å². The van der Waals surface area contributed by atoms with Gasteiger partial charge in [-0.15, -0.1) is 0 Å². The number of hydrogen-bond donors (Lipinski definition) is 3. The lowest BCUT2D eigenvalue weighted by molar-refractivity contribution is -0.123. The number of amides is 1. The number of hydrazine groups is 1. The van der Waals surface area contributed by atoms with Crippen LogP contribution < -0.4 is 20.9 Å². The van der Waals surface area contributed by atoms with Gasteiger partial charge in [-0.25, -0.2) is 4.39 Å². The maximum Gasteiger partial charge on any atom is 0.276 e. The van der Waals surface area contributed by atoms with E-state index in [4.69, 9.17) is 17.0 Å². The third-order valence-electron chi connectivity index (χ3n) is 3.91. The van der Waals surface area contributed by atoms with Gasteiger partial charge in [-0.2, -0.15) is 0 Å². The van der Waals surface area contributed by atoms with Crippen molar-refractivity contribution in [2.24, 2.45) is 5.92 Å². The van der Waals surface area contributed by atoms with E-state index in [-0.39, 0.29) is 6.61 Å². The summed E-state index contributed by atoms with van der Waals surface area (Å²) < 4.78 is 18.2. The van der Waals surface area contributed by atoms with E-state index in [1.165, 1.54) is 37.5 Å². The standard InChI is InChI=1S/C16H22FN3O2S/c1-11-5-2-3-8-14(11)18-16(23)20-19-15(21)10-22-13-7-4-6-12(17)9-13/h4,6-7,9,11,14H,2-3,5,8,10H2,1H3,(H,19,21)(H2,18,20,23)/t11-,14-/m1/s1. The number of benzene rings is 1. The highest BCUT2D eigenvalue weighted by molar-refractivity contribution is 7.80. The van der Waals surface area contributed by atoms with Crippen LogP contribution in [0.2, 0.25) is 0 Å². The fourth-order valence-corrected chi connectivity index (χ4v) is 2.81. The van der Waals surface area contributed by atoms with E-state index < -0.39 is 11.7 Å². The minimum absolute atomic E-state index is 0.223. The number of rotatable bonds is 4. The lowest BCUT2D eigenvalue weighted by atomic mass is 9.86. The molecule has 0 radical (unpaired) electrons. The van der Waals surface area contributed by atoms with Gasteiger partial charge in [0.1, 0.15) is 11.6 Å². The van der Waals surface area contributed by atoms with E-state index in [0.29, 0.717) is 22.8 Å². The summed E-state index contributed by atoms with van der Waals surface area (Å²) >= 11 is 5.17. The van der Waals surface area contributed by atoms with Crippen LogP contribution in [0.4, 0.5) is 4.39 Å². The monoisotopic (exact) mass is 339 g/mol. The predicted molar refractivity (Wildman–Crippen MR) is 90.3 cm³/mol. The van der Waals surface area contributed by atoms with E-state index in [1.807, 2.05) is 0 Å². The zero-order chi connectivity index (χ0) is 16.7. The van der Waals surface area contributed by atoms with Crippen molar-refractivity contribution in [3.8, 4) is 5.75 Å². The summed E-state index contributed by atoms with van der Waals surface area (Å²) in [6.07, 6.45) is 4.72. The Balaban J connectivity index is 1.66. The van der Waals surface area contributed by atoms with Gasteiger partial charge in [-0.05, 0) is 43.1 Å². The van der Waals surface area contributed by atoms with Crippen LogP contribution in [0, 0.1) is 11.7 Å². The second-order valence-corrected chi connectivity index (χ2v) is 6.17. The number of halogens is 1. The molecule has 23 heavy (non-hydrogen) atoms. The molecule has 0 heterocycles. The highest BCUT2D eigenvalue weighted by Gasteiger charge is 2.21. The van der Waals surface area contributed by atoms with Crippen molar-refractivity contribution >= 4 is 23.2 Å². The second-order valence-electron chi connectivity index (χ2n) is 5.76. The first-order valence-electron chi connectivity index (χ1n) is 7.78. The molecule has 0 saturated heterocycles. The predicted octanol–water partition coefficient (Wildman–Crippen LogP) is 2.28. The minimum Gasteiger partial charge on any atom is -0.484 e. The smallest absolute Gasteiger partial charge is 0.276 e. The Morgan fingerprint density at radius 2 is 2.13 bits per heavy atom. The Morgan fingerprint density at radius 1 is 1.35 bits per heavy atom. The molecule has 0 bridgehead atoms. The molecule has 1 saturated carbocycles. The molecule has 2 atom stereocenters. The molecule has 0 spiro atoms. The first-order chi connectivity index (χ1) is 11.0. The number of thiocarbonyl (C=S) groups is 1. The van der Waals surface area contributed by atoms with Crippen molar-refractivity contribution in [3.05, 3.63) is 30.1 Å². The molecule has 1 aliphatic rings. The van der Waals surface area contributed by atoms with Crippen molar-refractivity contribution in [1.82, 2.24) is 16.2 Å². The highest BCUT2D eigenvalue weighted by atomic mass is 32.1. The third-order valence-corrected chi connectivity index (χ3v) is 4.13. The van der Waals surface area contributed by atoms with Crippen molar-refractivity contribution in [1.29, 1.82) is 0 Å². The lowest BCUT2D eigenvalue weighted by Crippen LogP contribution is -2.52. The highest BCUT2D eigenvalue weighted by Crippen LogP contribution is 2.23. The number of carbonyl (C=O) groups excluding carboxylic acids is 1. The van der Waals surface area contributed by atoms with Crippen LogP contribution in [0.25, 0.3) is 0 Å². The Morgan fingerprint density at radius 3 is 2.87 bits per heavy atom. The van der Waals surface area contributed by atoms with Gasteiger partial charge < -0.3 is 10.1 Å². The van der Waals surface area contributed by atoms with Gasteiger partial charge >= 0.3 is 0 Å². The quantitative estimate of drug-likeness (QED) is 0.580. The zero-order valence-electron chi connectivity index (χ0n) is 13.1. The molecule has 0 unspecified atom stereocenters. The van der Waals surface area contributed by atoms with E-state index in [1.54, 1.807) is 6.07 Å². The topological polar surface area (TPSA) is 62.4 Å². The molecular weight excluding hydrogens is 317 g/mol. The van der Waals surface area contributed by atoms with Gasteiger partial charge in [0.25, 0.3) is 5.91 Å². The van der Waals surface area contributed by atoms with Crippen molar-refractivity contribution < 1.29 is 13.9 Å². The maximum absolute atomic E-state index is 13.0. The molecule has 3 N–H and O–H groups in total. The average molecular weight is 339 g/mol. The van der Waals surface area contributed by atoms with Crippen LogP contribution in [0.3, 0.4) is 0 Å². The number of carbonyl (C=O) groups is 1. The van der Waals surface area contributed by atoms with Gasteiger partial charge in [0, 0.05) is 12.1 Å². The molecule has 0 aromatic heterocycles. The molecule has 126 valence electrons. The van der Waals surface area contributed by atoms with Crippen LogP contribution in [0.1, 0.15) is 32.6 Å². The number of nitrogens with one attached hydrogen (secondary N) is 3. The van der Waals surface area contributed by atoms with Gasteiger partial charge in [0.2, 0.25) is 0 Å². The molecule has 5 nitrogen and oxygen atoms in total. The summed E-state index contributed by atoms with van der Waals surface area (Å²) in [5.74, 6) is 0.0653. The normalized spacial score (nSPS) is 20.4. The lowest BCUT2D eigenvalue weighted by Gasteiger charge is -2.30. The second kappa shape index (κ2) is 8.67. The van der Waals surface area contributed by atoms with Crippen molar-refractivity contribution in [3.63, 3.8) is 0 Å². The SMILES string of the molecule is C[C@@H]1CCCC[C@H]1NC(=S)NNC(=O)COc1cccc(F)c1. The molecule has 1 amide bonds. The Hall–Kier alpha value is -1.89. The maximum atomic E-state index is 13.0.